The highest BCUT2D eigenvalue weighted by Crippen LogP contribution is 2.54. The lowest BCUT2D eigenvalue weighted by Crippen LogP contribution is -2.48. The van der Waals surface area contributed by atoms with Gasteiger partial charge in [-0.25, -0.2) is 0 Å². The number of rotatable bonds is 4. The average Bonchev–Trinajstić information content (AvgIpc) is 2.10. The van der Waals surface area contributed by atoms with Gasteiger partial charge in [0.1, 0.15) is 0 Å². The van der Waals surface area contributed by atoms with Gasteiger partial charge in [-0.15, -0.1) is 6.58 Å². The van der Waals surface area contributed by atoms with Crippen molar-refractivity contribution in [3.63, 3.8) is 0 Å². The van der Waals surface area contributed by atoms with Gasteiger partial charge in [-0.1, -0.05) is 74.6 Å². The molecule has 1 unspecified atom stereocenters. The molecule has 1 atom stereocenters. The summed E-state index contributed by atoms with van der Waals surface area (Å²) in [5, 5.41) is 0.447. The van der Waals surface area contributed by atoms with Crippen LogP contribution in [0.2, 0.25) is 23.7 Å². The van der Waals surface area contributed by atoms with Crippen LogP contribution in [-0.2, 0) is 0 Å². The van der Waals surface area contributed by atoms with Crippen LogP contribution in [0.3, 0.4) is 0 Å². The first-order chi connectivity index (χ1) is 7.65. The van der Waals surface area contributed by atoms with E-state index in [2.05, 4.69) is 81.1 Å². The van der Waals surface area contributed by atoms with Crippen LogP contribution >= 0.6 is 0 Å². The highest BCUT2D eigenvalue weighted by Gasteiger charge is 2.47. The van der Waals surface area contributed by atoms with E-state index in [-0.39, 0.29) is 5.41 Å². The zero-order chi connectivity index (χ0) is 15.0. The van der Waals surface area contributed by atoms with E-state index in [1.54, 1.807) is 0 Å². The maximum atomic E-state index is 4.03. The van der Waals surface area contributed by atoms with Crippen LogP contribution in [0.1, 0.15) is 61.8 Å². The van der Waals surface area contributed by atoms with Gasteiger partial charge >= 0.3 is 0 Å². The molecule has 0 aromatic heterocycles. The van der Waals surface area contributed by atoms with Crippen molar-refractivity contribution in [1.82, 2.24) is 0 Å². The predicted octanol–water partition coefficient (Wildman–Crippen LogP) is 6.51. The topological polar surface area (TPSA) is 0 Å². The van der Waals surface area contributed by atoms with Crippen LogP contribution in [0.15, 0.2) is 12.7 Å². The minimum Gasteiger partial charge on any atom is -0.103 e. The third kappa shape index (κ3) is 4.26. The van der Waals surface area contributed by atoms with Crippen molar-refractivity contribution in [2.24, 2.45) is 10.8 Å². The van der Waals surface area contributed by atoms with Gasteiger partial charge in [-0.3, -0.25) is 0 Å². The van der Waals surface area contributed by atoms with Gasteiger partial charge < -0.3 is 0 Å². The smallest absolute Gasteiger partial charge is 0.0564 e. The fourth-order valence-corrected chi connectivity index (χ4v) is 7.02. The second kappa shape index (κ2) is 5.15. The Bertz CT molecular complexity index is 284. The summed E-state index contributed by atoms with van der Waals surface area (Å²) in [4.78, 5) is 0. The molecular formula is C17H36Si. The van der Waals surface area contributed by atoms with Crippen LogP contribution in [0.25, 0.3) is 0 Å². The number of hydrogen-bond donors (Lipinski definition) is 0. The summed E-state index contributed by atoms with van der Waals surface area (Å²) >= 11 is 0. The molecule has 0 saturated heterocycles. The SMILES string of the molecule is C=CC(C)(C)CC(C(C)(C)C)[Si](C)(C)C(C)(C)C. The molecule has 0 aromatic rings. The summed E-state index contributed by atoms with van der Waals surface area (Å²) in [6.45, 7) is 28.4. The third-order valence-corrected chi connectivity index (χ3v) is 11.8. The summed E-state index contributed by atoms with van der Waals surface area (Å²) in [5.74, 6) is 0. The Morgan fingerprint density at radius 1 is 0.944 bits per heavy atom. The lowest BCUT2D eigenvalue weighted by molar-refractivity contribution is 0.286. The van der Waals surface area contributed by atoms with Gasteiger partial charge in [0.05, 0.1) is 8.07 Å². The molecule has 0 aliphatic heterocycles. The number of hydrogen-bond acceptors (Lipinski definition) is 0. The molecule has 0 saturated carbocycles. The minimum absolute atomic E-state index is 0.244. The minimum atomic E-state index is -1.34. The quantitative estimate of drug-likeness (QED) is 0.402. The molecule has 108 valence electrons. The maximum Gasteiger partial charge on any atom is 0.0564 e. The molecule has 0 aliphatic carbocycles. The van der Waals surface area contributed by atoms with Crippen LogP contribution < -0.4 is 0 Å². The summed E-state index contributed by atoms with van der Waals surface area (Å²) in [6, 6.07) is 0. The Morgan fingerprint density at radius 3 is 1.56 bits per heavy atom. The van der Waals surface area contributed by atoms with E-state index in [4.69, 9.17) is 0 Å². The molecule has 0 amide bonds. The third-order valence-electron chi connectivity index (χ3n) is 5.13. The Labute approximate surface area is 117 Å². The molecule has 0 nitrogen and oxygen atoms in total. The average molecular weight is 269 g/mol. The lowest BCUT2D eigenvalue weighted by atomic mass is 9.79. The first kappa shape index (κ1) is 18.0. The molecule has 0 fully saturated rings. The highest BCUT2D eigenvalue weighted by atomic mass is 28.3. The van der Waals surface area contributed by atoms with Crippen LogP contribution in [0.5, 0.6) is 0 Å². The molecule has 0 aliphatic rings. The Hall–Kier alpha value is -0.0431. The van der Waals surface area contributed by atoms with Gasteiger partial charge in [0, 0.05) is 0 Å². The van der Waals surface area contributed by atoms with Gasteiger partial charge in [-0.05, 0) is 27.8 Å². The van der Waals surface area contributed by atoms with E-state index in [1.165, 1.54) is 6.42 Å². The molecular weight excluding hydrogens is 232 g/mol. The van der Waals surface area contributed by atoms with Crippen LogP contribution in [0.4, 0.5) is 0 Å². The van der Waals surface area contributed by atoms with E-state index < -0.39 is 8.07 Å². The zero-order valence-corrected chi connectivity index (χ0v) is 15.6. The molecule has 0 aromatic carbocycles. The molecule has 0 N–H and O–H groups in total. The van der Waals surface area contributed by atoms with Gasteiger partial charge in [-0.2, -0.15) is 0 Å². The first-order valence-electron chi connectivity index (χ1n) is 7.29. The van der Waals surface area contributed by atoms with Crippen molar-refractivity contribution in [2.45, 2.75) is 85.5 Å². The molecule has 18 heavy (non-hydrogen) atoms. The summed E-state index contributed by atoms with van der Waals surface area (Å²) in [5.41, 5.74) is 1.43. The normalized spacial score (nSPS) is 16.6. The summed E-state index contributed by atoms with van der Waals surface area (Å²) < 4.78 is 0. The molecule has 0 heterocycles. The lowest BCUT2D eigenvalue weighted by Gasteiger charge is -2.51. The van der Waals surface area contributed by atoms with Crippen molar-refractivity contribution in [1.29, 1.82) is 0 Å². The number of allylic oxidation sites excluding steroid dienone is 1. The fourth-order valence-electron chi connectivity index (χ4n) is 2.78. The van der Waals surface area contributed by atoms with Crippen LogP contribution in [0, 0.1) is 10.8 Å². The first-order valence-corrected chi connectivity index (χ1v) is 10.4. The Kier molecular flexibility index (Phi) is 5.14. The van der Waals surface area contributed by atoms with Crippen molar-refractivity contribution < 1.29 is 0 Å². The predicted molar refractivity (Wildman–Crippen MR) is 89.0 cm³/mol. The van der Waals surface area contributed by atoms with Gasteiger partial charge in [0.25, 0.3) is 0 Å². The molecule has 0 rings (SSSR count). The fraction of sp³-hybridized carbons (Fsp3) is 0.882. The van der Waals surface area contributed by atoms with E-state index in [0.29, 0.717) is 10.5 Å². The van der Waals surface area contributed by atoms with Crippen molar-refractivity contribution in [3.8, 4) is 0 Å². The summed E-state index contributed by atoms with van der Waals surface area (Å²) in [6.07, 6.45) is 3.40. The molecule has 0 bridgehead atoms. The van der Waals surface area contributed by atoms with Gasteiger partial charge in [0.15, 0.2) is 0 Å². The van der Waals surface area contributed by atoms with E-state index in [0.717, 1.165) is 5.54 Å². The van der Waals surface area contributed by atoms with E-state index in [9.17, 15) is 0 Å². The molecule has 0 radical (unpaired) electrons. The van der Waals surface area contributed by atoms with Gasteiger partial charge in [0.2, 0.25) is 0 Å². The highest BCUT2D eigenvalue weighted by molar-refractivity contribution is 6.81. The Morgan fingerprint density at radius 2 is 1.33 bits per heavy atom. The largest absolute Gasteiger partial charge is 0.103 e. The second-order valence-electron chi connectivity index (χ2n) is 9.29. The second-order valence-corrected chi connectivity index (χ2v) is 14.9. The zero-order valence-electron chi connectivity index (χ0n) is 14.6. The van der Waals surface area contributed by atoms with E-state index >= 15 is 0 Å². The monoisotopic (exact) mass is 268 g/mol. The standard InChI is InChI=1S/C17H36Si/c1-12-17(8,9)13-14(15(2,3)4)18(10,11)16(5,6)7/h12,14H,1,13H2,2-11H3. The molecule has 1 heteroatoms. The summed E-state index contributed by atoms with van der Waals surface area (Å²) in [7, 11) is -1.34. The van der Waals surface area contributed by atoms with Crippen molar-refractivity contribution in [3.05, 3.63) is 12.7 Å². The molecule has 0 spiro atoms. The van der Waals surface area contributed by atoms with Crippen molar-refractivity contribution in [2.75, 3.05) is 0 Å². The van der Waals surface area contributed by atoms with E-state index in [1.807, 2.05) is 0 Å². The van der Waals surface area contributed by atoms with Crippen LogP contribution in [-0.4, -0.2) is 8.07 Å². The van der Waals surface area contributed by atoms with Crippen molar-refractivity contribution >= 4 is 8.07 Å². The maximum absolute atomic E-state index is 4.03. The Balaban J connectivity index is 5.48.